The van der Waals surface area contributed by atoms with E-state index in [2.05, 4.69) is 15.9 Å². The predicted octanol–water partition coefficient (Wildman–Crippen LogP) is 5.19. The molecule has 0 saturated heterocycles. The van der Waals surface area contributed by atoms with Crippen LogP contribution in [-0.4, -0.2) is 11.1 Å². The Bertz CT molecular complexity index is 368. The maximum Gasteiger partial charge on any atom is 0.417 e. The van der Waals surface area contributed by atoms with Crippen LogP contribution in [0.3, 0.4) is 0 Å². The first kappa shape index (κ1) is 14.2. The molecule has 0 aliphatic heterocycles. The van der Waals surface area contributed by atoms with Crippen molar-refractivity contribution < 1.29 is 13.2 Å². The van der Waals surface area contributed by atoms with Crippen molar-refractivity contribution in [1.82, 2.24) is 0 Å². The molecule has 0 amide bonds. The number of alkyl halides is 4. The Morgan fingerprint density at radius 3 is 2.56 bits per heavy atom. The van der Waals surface area contributed by atoms with Gasteiger partial charge < -0.3 is 0 Å². The van der Waals surface area contributed by atoms with Gasteiger partial charge in [-0.25, -0.2) is 0 Å². The van der Waals surface area contributed by atoms with E-state index in [1.54, 1.807) is 6.92 Å². The van der Waals surface area contributed by atoms with Crippen LogP contribution in [0.1, 0.15) is 12.5 Å². The molecule has 0 heterocycles. The van der Waals surface area contributed by atoms with Gasteiger partial charge in [-0.1, -0.05) is 22.9 Å². The zero-order chi connectivity index (χ0) is 12.3. The zero-order valence-electron chi connectivity index (χ0n) is 8.31. The predicted molar refractivity (Wildman–Crippen MR) is 65.2 cm³/mol. The molecule has 0 aliphatic rings. The molecule has 1 unspecified atom stereocenters. The van der Waals surface area contributed by atoms with E-state index in [1.165, 1.54) is 12.1 Å². The summed E-state index contributed by atoms with van der Waals surface area (Å²) in [5.41, 5.74) is -0.613. The second-order valence-electron chi connectivity index (χ2n) is 3.22. The average Bonchev–Trinajstić information content (AvgIpc) is 2.15. The topological polar surface area (TPSA) is 0 Å². The normalized spacial score (nSPS) is 13.9. The van der Waals surface area contributed by atoms with E-state index < -0.39 is 11.7 Å². The lowest BCUT2D eigenvalue weighted by Crippen LogP contribution is -2.08. The summed E-state index contributed by atoms with van der Waals surface area (Å²) in [7, 11) is 0. The minimum Gasteiger partial charge on any atom is -0.166 e. The first-order valence-electron chi connectivity index (χ1n) is 4.44. The van der Waals surface area contributed by atoms with Crippen molar-refractivity contribution in [1.29, 1.82) is 0 Å². The largest absolute Gasteiger partial charge is 0.417 e. The maximum absolute atomic E-state index is 12.7. The summed E-state index contributed by atoms with van der Waals surface area (Å²) < 4.78 is 38.6. The third kappa shape index (κ3) is 3.86. The van der Waals surface area contributed by atoms with Crippen LogP contribution in [0, 0.1) is 0 Å². The Morgan fingerprint density at radius 2 is 2.06 bits per heavy atom. The number of thioether (sulfide) groups is 1. The fourth-order valence-corrected chi connectivity index (χ4v) is 2.78. The molecular weight excluding hydrogens is 325 g/mol. The Labute approximate surface area is 110 Å². The monoisotopic (exact) mass is 332 g/mol. The van der Waals surface area contributed by atoms with Gasteiger partial charge in [-0.2, -0.15) is 13.2 Å². The summed E-state index contributed by atoms with van der Waals surface area (Å²) in [5, 5.41) is -0.0583. The third-order valence-corrected chi connectivity index (χ3v) is 4.09. The second-order valence-corrected chi connectivity index (χ2v) is 5.93. The number of rotatable bonds is 3. The summed E-state index contributed by atoms with van der Waals surface area (Å²) in [6.45, 7) is 1.79. The van der Waals surface area contributed by atoms with Gasteiger partial charge in [-0.3, -0.25) is 0 Å². The quantitative estimate of drug-likeness (QED) is 0.542. The van der Waals surface area contributed by atoms with Gasteiger partial charge >= 0.3 is 6.18 Å². The van der Waals surface area contributed by atoms with E-state index in [0.29, 0.717) is 10.4 Å². The molecule has 16 heavy (non-hydrogen) atoms. The van der Waals surface area contributed by atoms with Crippen molar-refractivity contribution in [2.24, 2.45) is 0 Å². The van der Waals surface area contributed by atoms with E-state index in [4.69, 9.17) is 11.6 Å². The smallest absolute Gasteiger partial charge is 0.166 e. The van der Waals surface area contributed by atoms with Gasteiger partial charge in [0.15, 0.2) is 0 Å². The molecule has 0 fully saturated rings. The Hall–Kier alpha value is 0.130. The molecule has 0 radical (unpaired) electrons. The van der Waals surface area contributed by atoms with E-state index in [0.717, 1.165) is 17.8 Å². The first-order chi connectivity index (χ1) is 7.34. The molecule has 0 N–H and O–H groups in total. The van der Waals surface area contributed by atoms with Gasteiger partial charge in [0.05, 0.1) is 5.56 Å². The summed E-state index contributed by atoms with van der Waals surface area (Å²) >= 11 is 9.88. The van der Waals surface area contributed by atoms with Gasteiger partial charge in [-0.15, -0.1) is 23.4 Å². The highest BCUT2D eigenvalue weighted by molar-refractivity contribution is 9.10. The standard InChI is InChI=1S/C10H9BrClF3S/c1-6(5-12)16-9-4-7(11)2-3-8(9)10(13,14)15/h2-4,6H,5H2,1H3. The minimum atomic E-state index is -4.32. The molecule has 1 aromatic carbocycles. The molecule has 0 aromatic heterocycles. The van der Waals surface area contributed by atoms with Crippen molar-refractivity contribution in [2.75, 3.05) is 5.88 Å². The molecule has 1 atom stereocenters. The van der Waals surface area contributed by atoms with Crippen LogP contribution in [0.2, 0.25) is 0 Å². The number of benzene rings is 1. The number of halogens is 5. The van der Waals surface area contributed by atoms with Crippen LogP contribution in [0.25, 0.3) is 0 Å². The number of hydrogen-bond donors (Lipinski definition) is 0. The highest BCUT2D eigenvalue weighted by Gasteiger charge is 2.33. The van der Waals surface area contributed by atoms with Crippen LogP contribution in [-0.2, 0) is 6.18 Å². The van der Waals surface area contributed by atoms with E-state index in [-0.39, 0.29) is 10.1 Å². The highest BCUT2D eigenvalue weighted by Crippen LogP contribution is 2.39. The average molecular weight is 334 g/mol. The van der Waals surface area contributed by atoms with Crippen LogP contribution < -0.4 is 0 Å². The molecule has 0 saturated carbocycles. The Kier molecular flexibility index (Phi) is 5.01. The molecule has 0 aliphatic carbocycles. The van der Waals surface area contributed by atoms with Crippen LogP contribution in [0.4, 0.5) is 13.2 Å². The van der Waals surface area contributed by atoms with Crippen molar-refractivity contribution in [2.45, 2.75) is 23.2 Å². The molecular formula is C10H9BrClF3S. The molecule has 6 heteroatoms. The minimum absolute atomic E-state index is 0.0583. The van der Waals surface area contributed by atoms with E-state index in [9.17, 15) is 13.2 Å². The third-order valence-electron chi connectivity index (χ3n) is 1.79. The van der Waals surface area contributed by atoms with Gasteiger partial charge in [0.1, 0.15) is 0 Å². The van der Waals surface area contributed by atoms with Crippen molar-refractivity contribution in [3.8, 4) is 0 Å². The fraction of sp³-hybridized carbons (Fsp3) is 0.400. The van der Waals surface area contributed by atoms with Gasteiger partial charge in [0.25, 0.3) is 0 Å². The van der Waals surface area contributed by atoms with Crippen molar-refractivity contribution in [3.05, 3.63) is 28.2 Å². The van der Waals surface area contributed by atoms with Gasteiger partial charge in [0, 0.05) is 20.5 Å². The Balaban J connectivity index is 3.09. The van der Waals surface area contributed by atoms with Crippen LogP contribution in [0.5, 0.6) is 0 Å². The van der Waals surface area contributed by atoms with Gasteiger partial charge in [-0.05, 0) is 18.2 Å². The molecule has 0 nitrogen and oxygen atoms in total. The van der Waals surface area contributed by atoms with E-state index >= 15 is 0 Å². The molecule has 0 spiro atoms. The molecule has 0 bridgehead atoms. The lowest BCUT2D eigenvalue weighted by molar-refractivity contribution is -0.139. The lowest BCUT2D eigenvalue weighted by atomic mass is 10.2. The zero-order valence-corrected chi connectivity index (χ0v) is 11.5. The SMILES string of the molecule is CC(CCl)Sc1cc(Br)ccc1C(F)(F)F. The lowest BCUT2D eigenvalue weighted by Gasteiger charge is -2.15. The Morgan fingerprint density at radius 1 is 1.44 bits per heavy atom. The summed E-state index contributed by atoms with van der Waals surface area (Å²) in [6, 6.07) is 3.93. The molecule has 1 rings (SSSR count). The van der Waals surface area contributed by atoms with Crippen molar-refractivity contribution in [3.63, 3.8) is 0 Å². The highest BCUT2D eigenvalue weighted by atomic mass is 79.9. The first-order valence-corrected chi connectivity index (χ1v) is 6.64. The van der Waals surface area contributed by atoms with E-state index in [1.807, 2.05) is 0 Å². The second kappa shape index (κ2) is 5.65. The van der Waals surface area contributed by atoms with Crippen LogP contribution >= 0.6 is 39.3 Å². The summed E-state index contributed by atoms with van der Waals surface area (Å²) in [4.78, 5) is 0.204. The fourth-order valence-electron chi connectivity index (χ4n) is 1.08. The number of hydrogen-bond acceptors (Lipinski definition) is 1. The van der Waals surface area contributed by atoms with Crippen molar-refractivity contribution >= 4 is 39.3 Å². The maximum atomic E-state index is 12.7. The van der Waals surface area contributed by atoms with Crippen LogP contribution in [0.15, 0.2) is 27.6 Å². The summed E-state index contributed by atoms with van der Waals surface area (Å²) in [5.74, 6) is 0.314. The van der Waals surface area contributed by atoms with Gasteiger partial charge in [0.2, 0.25) is 0 Å². The molecule has 1 aromatic rings. The molecule has 90 valence electrons. The summed E-state index contributed by atoms with van der Waals surface area (Å²) in [6.07, 6.45) is -4.32.